The molecule has 0 bridgehead atoms. The van der Waals surface area contributed by atoms with Gasteiger partial charge in [-0.1, -0.05) is 0 Å². The number of carbonyl (C=O) groups excluding carboxylic acids is 1. The second-order valence-electron chi connectivity index (χ2n) is 5.76. The van der Waals surface area contributed by atoms with E-state index in [-0.39, 0.29) is 12.2 Å². The first kappa shape index (κ1) is 17.0. The van der Waals surface area contributed by atoms with Gasteiger partial charge in [-0.2, -0.15) is 5.26 Å². The molecule has 1 rings (SSSR count). The highest BCUT2D eigenvalue weighted by molar-refractivity contribution is 5.97. The molecule has 0 aromatic rings. The summed E-state index contributed by atoms with van der Waals surface area (Å²) in [5.74, 6) is -1.68. The number of carboxylic acid groups (broad SMARTS) is 1. The fourth-order valence-corrected chi connectivity index (χ4v) is 1.95. The third kappa shape index (κ3) is 4.76. The molecular weight excluding hydrogens is 274 g/mol. The van der Waals surface area contributed by atoms with Crippen molar-refractivity contribution in [3.63, 3.8) is 0 Å². The van der Waals surface area contributed by atoms with Crippen LogP contribution in [0.2, 0.25) is 0 Å². The van der Waals surface area contributed by atoms with E-state index in [1.54, 1.807) is 13.8 Å². The Balaban J connectivity index is 2.67. The lowest BCUT2D eigenvalue weighted by Gasteiger charge is -2.30. The standard InChI is InChI=1S/C14H21N3O4/c1-14(2,9-18)16-8-11(7-15)12(19)17-5-3-10(4-6-17)13(20)21/h8,10,16,18H,3-6,9H2,1-2H3,(H,20,21)/b11-8-. The maximum atomic E-state index is 12.2. The minimum atomic E-state index is -0.843. The molecule has 1 aliphatic heterocycles. The van der Waals surface area contributed by atoms with Crippen LogP contribution in [0.25, 0.3) is 0 Å². The van der Waals surface area contributed by atoms with Crippen LogP contribution in [0.1, 0.15) is 26.7 Å². The largest absolute Gasteiger partial charge is 0.481 e. The van der Waals surface area contributed by atoms with Gasteiger partial charge in [-0.05, 0) is 26.7 Å². The summed E-state index contributed by atoms with van der Waals surface area (Å²) in [5.41, 5.74) is -0.677. The van der Waals surface area contributed by atoms with Crippen LogP contribution in [0.3, 0.4) is 0 Å². The number of nitrogens with one attached hydrogen (secondary N) is 1. The lowest BCUT2D eigenvalue weighted by atomic mass is 9.96. The molecule has 1 saturated heterocycles. The number of rotatable bonds is 5. The summed E-state index contributed by atoms with van der Waals surface area (Å²) >= 11 is 0. The predicted molar refractivity (Wildman–Crippen MR) is 74.9 cm³/mol. The molecule has 0 atom stereocenters. The average Bonchev–Trinajstić information content (AvgIpc) is 2.47. The molecule has 0 saturated carbocycles. The summed E-state index contributed by atoms with van der Waals surface area (Å²) in [6.07, 6.45) is 2.10. The average molecular weight is 295 g/mol. The Bertz CT molecular complexity index is 471. The summed E-state index contributed by atoms with van der Waals surface area (Å²) in [4.78, 5) is 24.6. The number of amides is 1. The van der Waals surface area contributed by atoms with Gasteiger partial charge in [0.25, 0.3) is 5.91 Å². The first-order valence-electron chi connectivity index (χ1n) is 6.81. The second kappa shape index (κ2) is 7.09. The Hall–Kier alpha value is -2.07. The van der Waals surface area contributed by atoms with Crippen molar-refractivity contribution in [3.8, 4) is 6.07 Å². The van der Waals surface area contributed by atoms with Crippen molar-refractivity contribution in [3.05, 3.63) is 11.8 Å². The fraction of sp³-hybridized carbons (Fsp3) is 0.643. The fourth-order valence-electron chi connectivity index (χ4n) is 1.95. The highest BCUT2D eigenvalue weighted by Crippen LogP contribution is 2.18. The maximum absolute atomic E-state index is 12.2. The first-order chi connectivity index (χ1) is 9.80. The van der Waals surface area contributed by atoms with E-state index in [0.29, 0.717) is 25.9 Å². The van der Waals surface area contributed by atoms with Crippen molar-refractivity contribution in [2.24, 2.45) is 5.92 Å². The monoisotopic (exact) mass is 295 g/mol. The molecule has 7 nitrogen and oxygen atoms in total. The molecule has 116 valence electrons. The van der Waals surface area contributed by atoms with Gasteiger partial charge in [0.1, 0.15) is 11.6 Å². The van der Waals surface area contributed by atoms with Crippen LogP contribution in [-0.2, 0) is 9.59 Å². The third-order valence-electron chi connectivity index (χ3n) is 3.48. The van der Waals surface area contributed by atoms with Crippen LogP contribution in [0.15, 0.2) is 11.8 Å². The summed E-state index contributed by atoms with van der Waals surface area (Å²) in [6.45, 7) is 4.00. The van der Waals surface area contributed by atoms with Crippen molar-refractivity contribution >= 4 is 11.9 Å². The summed E-state index contributed by atoms with van der Waals surface area (Å²) in [7, 11) is 0. The van der Waals surface area contributed by atoms with Gasteiger partial charge in [0.2, 0.25) is 0 Å². The van der Waals surface area contributed by atoms with Gasteiger partial charge in [-0.25, -0.2) is 0 Å². The Morgan fingerprint density at radius 3 is 2.43 bits per heavy atom. The van der Waals surface area contributed by atoms with E-state index in [0.717, 1.165) is 0 Å². The molecule has 3 N–H and O–H groups in total. The van der Waals surface area contributed by atoms with Crippen LogP contribution < -0.4 is 5.32 Å². The van der Waals surface area contributed by atoms with Crippen molar-refractivity contribution in [2.75, 3.05) is 19.7 Å². The summed E-state index contributed by atoms with van der Waals surface area (Å²) < 4.78 is 0. The van der Waals surface area contributed by atoms with E-state index in [9.17, 15) is 9.59 Å². The molecule has 1 amide bonds. The molecular formula is C14H21N3O4. The number of carboxylic acids is 1. The normalized spacial score (nSPS) is 17.2. The lowest BCUT2D eigenvalue weighted by Crippen LogP contribution is -2.42. The van der Waals surface area contributed by atoms with Gasteiger partial charge >= 0.3 is 5.97 Å². The molecule has 1 fully saturated rings. The number of hydrogen-bond acceptors (Lipinski definition) is 5. The van der Waals surface area contributed by atoms with Gasteiger partial charge in [-0.3, -0.25) is 9.59 Å². The topological polar surface area (TPSA) is 114 Å². The number of likely N-dealkylation sites (tertiary alicyclic amines) is 1. The number of aliphatic hydroxyl groups excluding tert-OH is 1. The minimum absolute atomic E-state index is 0.0506. The van der Waals surface area contributed by atoms with Crippen molar-refractivity contribution in [1.29, 1.82) is 5.26 Å². The van der Waals surface area contributed by atoms with Crippen LogP contribution in [0.5, 0.6) is 0 Å². The van der Waals surface area contributed by atoms with E-state index in [1.807, 2.05) is 6.07 Å². The molecule has 0 radical (unpaired) electrons. The quantitative estimate of drug-likeness (QED) is 0.489. The number of piperidine rings is 1. The van der Waals surface area contributed by atoms with E-state index >= 15 is 0 Å². The number of nitrogens with zero attached hydrogens (tertiary/aromatic N) is 2. The van der Waals surface area contributed by atoms with Gasteiger partial charge in [0.05, 0.1) is 18.1 Å². The number of aliphatic hydroxyl groups is 1. The number of carbonyl (C=O) groups is 2. The highest BCUT2D eigenvalue weighted by Gasteiger charge is 2.28. The van der Waals surface area contributed by atoms with E-state index in [1.165, 1.54) is 11.1 Å². The van der Waals surface area contributed by atoms with Gasteiger partial charge in [0.15, 0.2) is 0 Å². The molecule has 1 heterocycles. The third-order valence-corrected chi connectivity index (χ3v) is 3.48. The Labute approximate surface area is 123 Å². The molecule has 7 heteroatoms. The molecule has 0 aromatic heterocycles. The number of hydrogen-bond donors (Lipinski definition) is 3. The van der Waals surface area contributed by atoms with Crippen molar-refractivity contribution in [1.82, 2.24) is 10.2 Å². The van der Waals surface area contributed by atoms with Crippen LogP contribution in [0, 0.1) is 17.2 Å². The van der Waals surface area contributed by atoms with E-state index in [2.05, 4.69) is 5.32 Å². The van der Waals surface area contributed by atoms with Crippen LogP contribution in [-0.4, -0.2) is 52.2 Å². The first-order valence-corrected chi connectivity index (χ1v) is 6.81. The smallest absolute Gasteiger partial charge is 0.306 e. The van der Waals surface area contributed by atoms with Crippen LogP contribution in [0.4, 0.5) is 0 Å². The number of aliphatic carboxylic acids is 1. The van der Waals surface area contributed by atoms with E-state index in [4.69, 9.17) is 15.5 Å². The van der Waals surface area contributed by atoms with Gasteiger partial charge in [-0.15, -0.1) is 0 Å². The van der Waals surface area contributed by atoms with Crippen molar-refractivity contribution < 1.29 is 19.8 Å². The second-order valence-corrected chi connectivity index (χ2v) is 5.76. The predicted octanol–water partition coefficient (Wildman–Crippen LogP) is 0.0776. The highest BCUT2D eigenvalue weighted by atomic mass is 16.4. The van der Waals surface area contributed by atoms with Gasteiger partial charge in [0, 0.05) is 19.3 Å². The zero-order valence-electron chi connectivity index (χ0n) is 12.3. The maximum Gasteiger partial charge on any atom is 0.306 e. The Morgan fingerprint density at radius 1 is 1.43 bits per heavy atom. The summed E-state index contributed by atoms with van der Waals surface area (Å²) in [5, 5.41) is 29.9. The molecule has 1 aliphatic rings. The molecule has 0 spiro atoms. The number of nitriles is 1. The Kier molecular flexibility index (Phi) is 5.73. The lowest BCUT2D eigenvalue weighted by molar-refractivity contribution is -0.145. The zero-order valence-corrected chi connectivity index (χ0v) is 12.3. The zero-order chi connectivity index (χ0) is 16.0. The van der Waals surface area contributed by atoms with Gasteiger partial charge < -0.3 is 20.4 Å². The molecule has 0 unspecified atom stereocenters. The Morgan fingerprint density at radius 2 is 2.00 bits per heavy atom. The molecule has 21 heavy (non-hydrogen) atoms. The molecule has 0 aliphatic carbocycles. The van der Waals surface area contributed by atoms with E-state index < -0.39 is 23.3 Å². The summed E-state index contributed by atoms with van der Waals surface area (Å²) in [6, 6.07) is 1.84. The SMILES string of the molecule is CC(C)(CO)N/C=C(/C#N)C(=O)N1CCC(C(=O)O)CC1. The minimum Gasteiger partial charge on any atom is -0.481 e. The molecule has 0 aromatic carbocycles. The van der Waals surface area contributed by atoms with Crippen molar-refractivity contribution in [2.45, 2.75) is 32.2 Å². The van der Waals surface area contributed by atoms with Crippen LogP contribution >= 0.6 is 0 Å².